The summed E-state index contributed by atoms with van der Waals surface area (Å²) in [6.07, 6.45) is 4.34. The molecule has 1 fully saturated rings. The number of aryl methyl sites for hydroxylation is 2. The van der Waals surface area contributed by atoms with Crippen LogP contribution in [0.4, 0.5) is 0 Å². The van der Waals surface area contributed by atoms with Crippen molar-refractivity contribution in [3.8, 4) is 5.69 Å². The molecule has 0 spiro atoms. The number of aromatic nitrogens is 1. The van der Waals surface area contributed by atoms with Crippen LogP contribution in [-0.4, -0.2) is 22.6 Å². The van der Waals surface area contributed by atoms with E-state index in [1.807, 2.05) is 0 Å². The van der Waals surface area contributed by atoms with Crippen LogP contribution in [0.3, 0.4) is 0 Å². The third-order valence-corrected chi connectivity index (χ3v) is 4.83. The third-order valence-electron chi connectivity index (χ3n) is 4.83. The second-order valence-corrected chi connectivity index (χ2v) is 6.87. The van der Waals surface area contributed by atoms with Gasteiger partial charge in [-0.1, -0.05) is 47.5 Å². The average molecular weight is 332 g/mol. The molecule has 4 rings (SSSR count). The van der Waals surface area contributed by atoms with Gasteiger partial charge in [-0.25, -0.2) is 0 Å². The fourth-order valence-corrected chi connectivity index (χ4v) is 3.34. The predicted octanol–water partition coefficient (Wildman–Crippen LogP) is 4.63. The van der Waals surface area contributed by atoms with Crippen molar-refractivity contribution >= 4 is 0 Å². The molecule has 1 atom stereocenters. The SMILES string of the molecule is Cc1ccc(CN2CCO[C@H]2c2ccn(-c3ccc(C)cc3)c2)cc1. The van der Waals surface area contributed by atoms with E-state index in [-0.39, 0.29) is 6.23 Å². The molecule has 0 amide bonds. The highest BCUT2D eigenvalue weighted by molar-refractivity contribution is 5.36. The van der Waals surface area contributed by atoms with Gasteiger partial charge in [-0.15, -0.1) is 0 Å². The lowest BCUT2D eigenvalue weighted by Crippen LogP contribution is -2.23. The zero-order valence-corrected chi connectivity index (χ0v) is 14.9. The van der Waals surface area contributed by atoms with E-state index in [1.54, 1.807) is 0 Å². The number of ether oxygens (including phenoxy) is 1. The van der Waals surface area contributed by atoms with Crippen molar-refractivity contribution in [2.24, 2.45) is 0 Å². The topological polar surface area (TPSA) is 17.4 Å². The van der Waals surface area contributed by atoms with Gasteiger partial charge in [-0.3, -0.25) is 4.90 Å². The van der Waals surface area contributed by atoms with Gasteiger partial charge in [0.15, 0.2) is 0 Å². The summed E-state index contributed by atoms with van der Waals surface area (Å²) in [5.74, 6) is 0. The van der Waals surface area contributed by atoms with Crippen molar-refractivity contribution in [3.63, 3.8) is 0 Å². The Hall–Kier alpha value is -2.36. The molecule has 1 aliphatic rings. The first-order valence-corrected chi connectivity index (χ1v) is 8.85. The van der Waals surface area contributed by atoms with Crippen LogP contribution >= 0.6 is 0 Å². The van der Waals surface area contributed by atoms with Crippen LogP contribution in [0.1, 0.15) is 28.5 Å². The number of rotatable bonds is 4. The van der Waals surface area contributed by atoms with Crippen molar-refractivity contribution < 1.29 is 4.74 Å². The van der Waals surface area contributed by atoms with Crippen molar-refractivity contribution in [1.29, 1.82) is 0 Å². The Morgan fingerprint density at radius 2 is 1.60 bits per heavy atom. The average Bonchev–Trinajstić information content (AvgIpc) is 3.27. The monoisotopic (exact) mass is 332 g/mol. The van der Waals surface area contributed by atoms with E-state index >= 15 is 0 Å². The third kappa shape index (κ3) is 3.53. The maximum absolute atomic E-state index is 6.03. The Balaban J connectivity index is 1.52. The molecule has 2 heterocycles. The molecule has 2 aromatic carbocycles. The second-order valence-electron chi connectivity index (χ2n) is 6.87. The van der Waals surface area contributed by atoms with Gasteiger partial charge in [0.25, 0.3) is 0 Å². The summed E-state index contributed by atoms with van der Waals surface area (Å²) >= 11 is 0. The molecular weight excluding hydrogens is 308 g/mol. The molecule has 0 unspecified atom stereocenters. The zero-order valence-electron chi connectivity index (χ0n) is 14.9. The van der Waals surface area contributed by atoms with Crippen LogP contribution in [0.5, 0.6) is 0 Å². The van der Waals surface area contributed by atoms with Gasteiger partial charge in [0.1, 0.15) is 6.23 Å². The Morgan fingerprint density at radius 3 is 2.32 bits per heavy atom. The lowest BCUT2D eigenvalue weighted by Gasteiger charge is -2.22. The van der Waals surface area contributed by atoms with E-state index in [0.29, 0.717) is 0 Å². The molecular formula is C22H24N2O. The van der Waals surface area contributed by atoms with Gasteiger partial charge in [0.2, 0.25) is 0 Å². The van der Waals surface area contributed by atoms with E-state index in [0.717, 1.165) is 19.7 Å². The molecule has 0 saturated carbocycles. The van der Waals surface area contributed by atoms with Crippen LogP contribution in [0.15, 0.2) is 67.0 Å². The Bertz CT molecular complexity index is 833. The molecule has 1 aromatic heterocycles. The van der Waals surface area contributed by atoms with E-state index < -0.39 is 0 Å². The quantitative estimate of drug-likeness (QED) is 0.693. The fourth-order valence-electron chi connectivity index (χ4n) is 3.34. The fraction of sp³-hybridized carbons (Fsp3) is 0.273. The maximum Gasteiger partial charge on any atom is 0.138 e. The highest BCUT2D eigenvalue weighted by Gasteiger charge is 2.27. The molecule has 128 valence electrons. The standard InChI is InChI=1S/C22H24N2O/c1-17-3-7-19(8-4-17)15-24-13-14-25-22(24)20-11-12-23(16-20)21-9-5-18(2)6-10-21/h3-12,16,22H,13-15H2,1-2H3/t22-/m0/s1. The summed E-state index contributed by atoms with van der Waals surface area (Å²) in [4.78, 5) is 2.40. The van der Waals surface area contributed by atoms with Gasteiger partial charge in [-0.05, 0) is 37.6 Å². The summed E-state index contributed by atoms with van der Waals surface area (Å²) in [6, 6.07) is 19.5. The number of hydrogen-bond donors (Lipinski definition) is 0. The van der Waals surface area contributed by atoms with Crippen LogP contribution in [0, 0.1) is 13.8 Å². The van der Waals surface area contributed by atoms with Crippen LogP contribution in [0.2, 0.25) is 0 Å². The minimum absolute atomic E-state index is 0.0352. The molecule has 3 heteroatoms. The molecule has 0 N–H and O–H groups in total. The van der Waals surface area contributed by atoms with E-state index in [4.69, 9.17) is 4.74 Å². The number of nitrogens with zero attached hydrogens (tertiary/aromatic N) is 2. The molecule has 0 bridgehead atoms. The largest absolute Gasteiger partial charge is 0.357 e. The summed E-state index contributed by atoms with van der Waals surface area (Å²) in [5, 5.41) is 0. The van der Waals surface area contributed by atoms with Gasteiger partial charge >= 0.3 is 0 Å². The van der Waals surface area contributed by atoms with Gasteiger partial charge in [0, 0.05) is 36.7 Å². The van der Waals surface area contributed by atoms with E-state index in [1.165, 1.54) is 27.9 Å². The van der Waals surface area contributed by atoms with Crippen molar-refractivity contribution in [3.05, 3.63) is 89.2 Å². The lowest BCUT2D eigenvalue weighted by atomic mass is 10.1. The summed E-state index contributed by atoms with van der Waals surface area (Å²) in [5.41, 5.74) is 6.30. The first kappa shape index (κ1) is 16.1. The minimum Gasteiger partial charge on any atom is -0.357 e. The smallest absolute Gasteiger partial charge is 0.138 e. The Kier molecular flexibility index (Phi) is 4.43. The molecule has 3 nitrogen and oxygen atoms in total. The highest BCUT2D eigenvalue weighted by atomic mass is 16.5. The van der Waals surface area contributed by atoms with Gasteiger partial charge < -0.3 is 9.30 Å². The van der Waals surface area contributed by atoms with Crippen molar-refractivity contribution in [2.45, 2.75) is 26.6 Å². The maximum atomic E-state index is 6.03. The van der Waals surface area contributed by atoms with Crippen molar-refractivity contribution in [1.82, 2.24) is 9.47 Å². The van der Waals surface area contributed by atoms with Crippen molar-refractivity contribution in [2.75, 3.05) is 13.2 Å². The normalized spacial score (nSPS) is 17.9. The summed E-state index contributed by atoms with van der Waals surface area (Å²) in [6.45, 7) is 6.90. The van der Waals surface area contributed by atoms with Crippen LogP contribution in [-0.2, 0) is 11.3 Å². The Morgan fingerprint density at radius 1 is 0.920 bits per heavy atom. The van der Waals surface area contributed by atoms with Crippen LogP contribution < -0.4 is 0 Å². The Labute approximate surface area is 149 Å². The number of benzene rings is 2. The zero-order chi connectivity index (χ0) is 17.2. The number of hydrogen-bond acceptors (Lipinski definition) is 2. The van der Waals surface area contributed by atoms with E-state index in [9.17, 15) is 0 Å². The molecule has 3 aromatic rings. The van der Waals surface area contributed by atoms with Gasteiger partial charge in [-0.2, -0.15) is 0 Å². The van der Waals surface area contributed by atoms with Gasteiger partial charge in [0.05, 0.1) is 6.61 Å². The summed E-state index contributed by atoms with van der Waals surface area (Å²) < 4.78 is 8.20. The predicted molar refractivity (Wildman–Crippen MR) is 101 cm³/mol. The molecule has 0 radical (unpaired) electrons. The van der Waals surface area contributed by atoms with E-state index in [2.05, 4.69) is 90.3 Å². The second kappa shape index (κ2) is 6.87. The van der Waals surface area contributed by atoms with Crippen LogP contribution in [0.25, 0.3) is 5.69 Å². The highest BCUT2D eigenvalue weighted by Crippen LogP contribution is 2.29. The first-order chi connectivity index (χ1) is 12.2. The molecule has 1 aliphatic heterocycles. The molecule has 1 saturated heterocycles. The first-order valence-electron chi connectivity index (χ1n) is 8.85. The molecule has 0 aliphatic carbocycles. The molecule has 25 heavy (non-hydrogen) atoms. The summed E-state index contributed by atoms with van der Waals surface area (Å²) in [7, 11) is 0. The lowest BCUT2D eigenvalue weighted by molar-refractivity contribution is 0.0288. The minimum atomic E-state index is 0.0352.